The van der Waals surface area contributed by atoms with Crippen LogP contribution in [0.25, 0.3) is 6.08 Å². The monoisotopic (exact) mass is 477 g/mol. The van der Waals surface area contributed by atoms with Crippen molar-refractivity contribution in [2.24, 2.45) is 0 Å². The van der Waals surface area contributed by atoms with Crippen LogP contribution in [-0.4, -0.2) is 31.6 Å². The first kappa shape index (κ1) is 22.2. The molecular weight excluding hydrogens is 454 g/mol. The van der Waals surface area contributed by atoms with Gasteiger partial charge in [-0.1, -0.05) is 36.4 Å². The predicted molar refractivity (Wildman–Crippen MR) is 127 cm³/mol. The fourth-order valence-electron chi connectivity index (χ4n) is 4.64. The maximum atomic E-state index is 13.1. The molecule has 7 nitrogen and oxygen atoms in total. The van der Waals surface area contributed by atoms with Gasteiger partial charge in [-0.05, 0) is 55.3 Å². The maximum absolute atomic E-state index is 13.1. The topological polar surface area (TPSA) is 102 Å². The van der Waals surface area contributed by atoms with Crippen LogP contribution in [0.4, 0.5) is 0 Å². The van der Waals surface area contributed by atoms with Gasteiger partial charge in [-0.15, -0.1) is 0 Å². The molecule has 1 aliphatic heterocycles. The number of nitrogens with one attached hydrogen (secondary N) is 1. The number of carbonyl (C=O) groups is 1. The zero-order valence-electron chi connectivity index (χ0n) is 18.1. The lowest BCUT2D eigenvalue weighted by Crippen LogP contribution is -2.37. The number of para-hydroxylation sites is 2. The van der Waals surface area contributed by atoms with Crippen LogP contribution in [0.2, 0.25) is 0 Å². The van der Waals surface area contributed by atoms with E-state index in [1.54, 1.807) is 18.2 Å². The predicted octanol–water partition coefficient (Wildman–Crippen LogP) is 4.56. The number of sulfonamides is 1. The van der Waals surface area contributed by atoms with Gasteiger partial charge in [0.15, 0.2) is 0 Å². The molecule has 3 aromatic carbocycles. The minimum absolute atomic E-state index is 0.136. The molecular formula is C26H23NO6S. The Morgan fingerprint density at radius 2 is 1.71 bits per heavy atom. The van der Waals surface area contributed by atoms with Crippen molar-refractivity contribution in [3.8, 4) is 17.2 Å². The van der Waals surface area contributed by atoms with E-state index in [2.05, 4.69) is 4.72 Å². The number of rotatable bonds is 7. The first-order valence-electron chi connectivity index (χ1n) is 11.0. The number of carboxylic acids is 1. The van der Waals surface area contributed by atoms with Crippen molar-refractivity contribution in [2.45, 2.75) is 35.8 Å². The van der Waals surface area contributed by atoms with Crippen molar-refractivity contribution >= 4 is 22.1 Å². The van der Waals surface area contributed by atoms with E-state index in [4.69, 9.17) is 14.6 Å². The van der Waals surface area contributed by atoms with Gasteiger partial charge in [0.2, 0.25) is 10.0 Å². The van der Waals surface area contributed by atoms with Crippen LogP contribution in [-0.2, 0) is 14.8 Å². The first-order valence-corrected chi connectivity index (χ1v) is 12.4. The highest BCUT2D eigenvalue weighted by Gasteiger charge is 2.46. The van der Waals surface area contributed by atoms with Crippen molar-refractivity contribution in [2.75, 3.05) is 0 Å². The molecule has 0 amide bonds. The van der Waals surface area contributed by atoms with E-state index in [9.17, 15) is 13.2 Å². The Bertz CT molecular complexity index is 1340. The molecule has 8 heteroatoms. The molecule has 3 unspecified atom stereocenters. The number of ether oxygens (including phenoxy) is 2. The van der Waals surface area contributed by atoms with Crippen LogP contribution in [0, 0.1) is 0 Å². The fourth-order valence-corrected chi connectivity index (χ4v) is 5.93. The summed E-state index contributed by atoms with van der Waals surface area (Å²) in [7, 11) is -3.76. The standard InChI is InChI=1S/C26H23NO6S/c28-24(29)16-9-17-5-4-8-21-25-22(14-15-23(25)33-26(17)21)27-34(30,31)20-12-10-19(11-13-20)32-18-6-2-1-3-7-18/h1-13,16,22-23,25,27H,14-15H2,(H,28,29). The van der Waals surface area contributed by atoms with Crippen LogP contribution >= 0.6 is 0 Å². The molecule has 2 N–H and O–H groups in total. The minimum Gasteiger partial charge on any atom is -0.489 e. The van der Waals surface area contributed by atoms with E-state index in [1.807, 2.05) is 42.5 Å². The summed E-state index contributed by atoms with van der Waals surface area (Å²) in [5, 5.41) is 8.94. The average Bonchev–Trinajstić information content (AvgIpc) is 3.39. The maximum Gasteiger partial charge on any atom is 0.328 e. The molecule has 0 radical (unpaired) electrons. The number of aliphatic carboxylic acids is 1. The molecule has 1 saturated carbocycles. The summed E-state index contributed by atoms with van der Waals surface area (Å²) >= 11 is 0. The van der Waals surface area contributed by atoms with Crippen LogP contribution in [0.15, 0.2) is 83.8 Å². The van der Waals surface area contributed by atoms with Gasteiger partial charge in [0.25, 0.3) is 0 Å². The van der Waals surface area contributed by atoms with Gasteiger partial charge in [-0.25, -0.2) is 17.9 Å². The first-order chi connectivity index (χ1) is 16.4. The van der Waals surface area contributed by atoms with Crippen molar-refractivity contribution < 1.29 is 27.8 Å². The third kappa shape index (κ3) is 4.42. The summed E-state index contributed by atoms with van der Waals surface area (Å²) < 4.78 is 41.0. The summed E-state index contributed by atoms with van der Waals surface area (Å²) in [6.45, 7) is 0. The molecule has 0 saturated heterocycles. The number of hydrogen-bond acceptors (Lipinski definition) is 5. The van der Waals surface area contributed by atoms with Crippen molar-refractivity contribution in [1.29, 1.82) is 0 Å². The highest BCUT2D eigenvalue weighted by molar-refractivity contribution is 7.89. The molecule has 0 bridgehead atoms. The Kier molecular flexibility index (Phi) is 5.85. The van der Waals surface area contributed by atoms with Gasteiger partial charge in [-0.2, -0.15) is 0 Å². The van der Waals surface area contributed by atoms with E-state index in [1.165, 1.54) is 18.2 Å². The van der Waals surface area contributed by atoms with Crippen molar-refractivity contribution in [3.05, 3.63) is 90.0 Å². The lowest BCUT2D eigenvalue weighted by molar-refractivity contribution is -0.131. The minimum atomic E-state index is -3.76. The van der Waals surface area contributed by atoms with Gasteiger partial charge >= 0.3 is 5.97 Å². The van der Waals surface area contributed by atoms with Gasteiger partial charge in [0.05, 0.1) is 4.90 Å². The average molecular weight is 478 g/mol. The molecule has 1 fully saturated rings. The molecule has 0 spiro atoms. The highest BCUT2D eigenvalue weighted by Crippen LogP contribution is 2.49. The molecule has 1 heterocycles. The summed E-state index contributed by atoms with van der Waals surface area (Å²) in [4.78, 5) is 11.1. The molecule has 0 aromatic heterocycles. The van der Waals surface area contributed by atoms with E-state index in [0.29, 0.717) is 35.7 Å². The Balaban J connectivity index is 1.33. The van der Waals surface area contributed by atoms with Crippen molar-refractivity contribution in [3.63, 3.8) is 0 Å². The lowest BCUT2D eigenvalue weighted by Gasteiger charge is -2.20. The Morgan fingerprint density at radius 1 is 0.971 bits per heavy atom. The highest BCUT2D eigenvalue weighted by atomic mass is 32.2. The molecule has 5 rings (SSSR count). The third-order valence-electron chi connectivity index (χ3n) is 6.13. The largest absolute Gasteiger partial charge is 0.489 e. The Morgan fingerprint density at radius 3 is 2.44 bits per heavy atom. The molecule has 34 heavy (non-hydrogen) atoms. The second kappa shape index (κ2) is 8.96. The normalized spacial score (nSPS) is 21.1. The summed E-state index contributed by atoms with van der Waals surface area (Å²) in [5.41, 5.74) is 1.57. The molecule has 2 aliphatic rings. The quantitative estimate of drug-likeness (QED) is 0.484. The van der Waals surface area contributed by atoms with E-state index >= 15 is 0 Å². The van der Waals surface area contributed by atoms with Gasteiger partial charge < -0.3 is 14.6 Å². The number of benzene rings is 3. The number of carboxylic acid groups (broad SMARTS) is 1. The van der Waals surface area contributed by atoms with Crippen LogP contribution in [0.5, 0.6) is 17.2 Å². The molecule has 3 aromatic rings. The second-order valence-corrected chi connectivity index (χ2v) is 10.0. The van der Waals surface area contributed by atoms with Gasteiger partial charge in [0, 0.05) is 29.2 Å². The number of fused-ring (bicyclic) bond motifs is 3. The molecule has 1 aliphatic carbocycles. The summed E-state index contributed by atoms with van der Waals surface area (Å²) in [5.74, 6) is 0.670. The molecule has 3 atom stereocenters. The molecule has 174 valence electrons. The van der Waals surface area contributed by atoms with Crippen LogP contribution < -0.4 is 14.2 Å². The second-order valence-electron chi connectivity index (χ2n) is 8.31. The summed E-state index contributed by atoms with van der Waals surface area (Å²) in [6, 6.07) is 20.8. The van der Waals surface area contributed by atoms with Crippen molar-refractivity contribution in [1.82, 2.24) is 4.72 Å². The SMILES string of the molecule is O=C(O)C=Cc1cccc2c1OC1CCC(NS(=O)(=O)c3ccc(Oc4ccccc4)cc3)C21. The summed E-state index contributed by atoms with van der Waals surface area (Å²) in [6.07, 6.45) is 3.78. The van der Waals surface area contributed by atoms with Gasteiger partial charge in [-0.3, -0.25) is 0 Å². The lowest BCUT2D eigenvalue weighted by atomic mass is 9.93. The van der Waals surface area contributed by atoms with E-state index in [0.717, 1.165) is 11.6 Å². The zero-order chi connectivity index (χ0) is 23.7. The van der Waals surface area contributed by atoms with Gasteiger partial charge in [0.1, 0.15) is 23.4 Å². The van der Waals surface area contributed by atoms with E-state index in [-0.39, 0.29) is 23.0 Å². The van der Waals surface area contributed by atoms with Crippen LogP contribution in [0.1, 0.15) is 29.9 Å². The fraction of sp³-hybridized carbons (Fsp3) is 0.192. The Hall–Kier alpha value is -3.62. The smallest absolute Gasteiger partial charge is 0.328 e. The van der Waals surface area contributed by atoms with Crippen LogP contribution in [0.3, 0.4) is 0 Å². The third-order valence-corrected chi connectivity index (χ3v) is 7.63. The number of hydrogen-bond donors (Lipinski definition) is 2. The zero-order valence-corrected chi connectivity index (χ0v) is 18.9. The Labute approximate surface area is 197 Å². The van der Waals surface area contributed by atoms with E-state index < -0.39 is 16.0 Å².